The van der Waals surface area contributed by atoms with Gasteiger partial charge in [-0.25, -0.2) is 4.98 Å². The Kier molecular flexibility index (Phi) is 4.69. The second kappa shape index (κ2) is 7.64. The molecule has 2 aromatic carbocycles. The van der Waals surface area contributed by atoms with Gasteiger partial charge in [0, 0.05) is 11.3 Å². The number of rotatable bonds is 5. The Bertz CT molecular complexity index is 1130. The third-order valence-corrected chi connectivity index (χ3v) is 6.54. The highest BCUT2D eigenvalue weighted by Crippen LogP contribution is 2.39. The highest BCUT2D eigenvalue weighted by molar-refractivity contribution is 7.17. The van der Waals surface area contributed by atoms with Crippen LogP contribution in [0.4, 0.5) is 0 Å². The quantitative estimate of drug-likeness (QED) is 0.523. The van der Waals surface area contributed by atoms with E-state index in [2.05, 4.69) is 50.8 Å². The number of hydrogen-bond donors (Lipinski definition) is 2. The molecule has 0 saturated heterocycles. The molecule has 1 atom stereocenters. The van der Waals surface area contributed by atoms with E-state index < -0.39 is 0 Å². The smallest absolute Gasteiger partial charge is 0.261 e. The summed E-state index contributed by atoms with van der Waals surface area (Å²) in [7, 11) is 0. The topological polar surface area (TPSA) is 70.7 Å². The number of H-pyrrole nitrogens is 1. The second-order valence-electron chi connectivity index (χ2n) is 7.20. The molecular formula is C23H20N4OS. The molecule has 0 bridgehead atoms. The standard InChI is InChI=1S/C23H20N4OS/c28-23(20-12-17-11-10-15-6-4-5-9-18(15)22(17)29-20)26-19(13-21-24-14-25-27-21)16-7-2-1-3-8-16/h1-9,12,14,19H,10-11,13H2,(H,26,28)(H,24,25,27). The normalized spacial score (nSPS) is 13.4. The minimum atomic E-state index is -0.178. The lowest BCUT2D eigenvalue weighted by molar-refractivity contribution is 0.0940. The van der Waals surface area contributed by atoms with Gasteiger partial charge in [-0.3, -0.25) is 9.89 Å². The number of hydrogen-bond acceptors (Lipinski definition) is 4. The molecule has 29 heavy (non-hydrogen) atoms. The van der Waals surface area contributed by atoms with Crippen LogP contribution >= 0.6 is 11.3 Å². The van der Waals surface area contributed by atoms with Gasteiger partial charge in [-0.05, 0) is 41.2 Å². The van der Waals surface area contributed by atoms with E-state index in [4.69, 9.17) is 0 Å². The summed E-state index contributed by atoms with van der Waals surface area (Å²) in [6.07, 6.45) is 4.06. The molecule has 4 aromatic rings. The molecule has 0 saturated carbocycles. The number of carbonyl (C=O) groups excluding carboxylic acids is 1. The fourth-order valence-electron chi connectivity index (χ4n) is 3.87. The maximum absolute atomic E-state index is 13.1. The summed E-state index contributed by atoms with van der Waals surface area (Å²) in [5.41, 5.74) is 4.94. The monoisotopic (exact) mass is 400 g/mol. The lowest BCUT2D eigenvalue weighted by atomic mass is 9.91. The molecule has 1 unspecified atom stereocenters. The fourth-order valence-corrected chi connectivity index (χ4v) is 5.05. The molecule has 5 rings (SSSR count). The van der Waals surface area contributed by atoms with Crippen molar-refractivity contribution in [1.29, 1.82) is 0 Å². The van der Waals surface area contributed by atoms with Crippen molar-refractivity contribution >= 4 is 17.2 Å². The molecule has 2 heterocycles. The summed E-state index contributed by atoms with van der Waals surface area (Å²) in [5.74, 6) is 0.703. The summed E-state index contributed by atoms with van der Waals surface area (Å²) in [6, 6.07) is 20.4. The number of carbonyl (C=O) groups is 1. The number of fused-ring (bicyclic) bond motifs is 3. The molecule has 5 nitrogen and oxygen atoms in total. The number of nitrogens with one attached hydrogen (secondary N) is 2. The van der Waals surface area contributed by atoms with Crippen LogP contribution in [0.5, 0.6) is 0 Å². The van der Waals surface area contributed by atoms with Crippen molar-refractivity contribution in [3.8, 4) is 10.4 Å². The highest BCUT2D eigenvalue weighted by atomic mass is 32.1. The second-order valence-corrected chi connectivity index (χ2v) is 8.25. The van der Waals surface area contributed by atoms with Gasteiger partial charge in [0.2, 0.25) is 0 Å². The van der Waals surface area contributed by atoms with Gasteiger partial charge in [0.05, 0.1) is 10.9 Å². The number of thiophene rings is 1. The van der Waals surface area contributed by atoms with E-state index in [1.54, 1.807) is 11.3 Å². The summed E-state index contributed by atoms with van der Waals surface area (Å²) >= 11 is 1.58. The Morgan fingerprint density at radius 2 is 1.86 bits per heavy atom. The van der Waals surface area contributed by atoms with Crippen molar-refractivity contribution in [2.45, 2.75) is 25.3 Å². The molecule has 1 aliphatic carbocycles. The Morgan fingerprint density at radius 3 is 2.69 bits per heavy atom. The van der Waals surface area contributed by atoms with Crippen LogP contribution < -0.4 is 5.32 Å². The van der Waals surface area contributed by atoms with Gasteiger partial charge in [0.1, 0.15) is 12.2 Å². The average Bonchev–Trinajstić information content (AvgIpc) is 3.44. The van der Waals surface area contributed by atoms with Gasteiger partial charge in [0.15, 0.2) is 0 Å². The molecule has 0 fully saturated rings. The average molecular weight is 401 g/mol. The molecule has 0 aliphatic heterocycles. The van der Waals surface area contributed by atoms with Crippen molar-refractivity contribution in [1.82, 2.24) is 20.5 Å². The minimum absolute atomic E-state index is 0.0461. The number of amides is 1. The van der Waals surface area contributed by atoms with Crippen molar-refractivity contribution < 1.29 is 4.79 Å². The van der Waals surface area contributed by atoms with E-state index in [1.807, 2.05) is 30.3 Å². The van der Waals surface area contributed by atoms with Gasteiger partial charge in [-0.15, -0.1) is 11.3 Å². The van der Waals surface area contributed by atoms with E-state index in [0.717, 1.165) is 29.1 Å². The van der Waals surface area contributed by atoms with Crippen LogP contribution in [0.15, 0.2) is 67.0 Å². The van der Waals surface area contributed by atoms with Crippen molar-refractivity contribution in [3.05, 3.63) is 94.4 Å². The number of benzene rings is 2. The number of nitrogens with zero attached hydrogens (tertiary/aromatic N) is 2. The Labute approximate surface area is 172 Å². The van der Waals surface area contributed by atoms with Gasteiger partial charge >= 0.3 is 0 Å². The molecule has 2 aromatic heterocycles. The summed E-state index contributed by atoms with van der Waals surface area (Å²) in [6.45, 7) is 0. The maximum Gasteiger partial charge on any atom is 0.261 e. The van der Waals surface area contributed by atoms with Crippen LogP contribution in [0.2, 0.25) is 0 Å². The molecule has 1 amide bonds. The lowest BCUT2D eigenvalue weighted by Gasteiger charge is -2.17. The van der Waals surface area contributed by atoms with Gasteiger partial charge in [-0.1, -0.05) is 54.6 Å². The van der Waals surface area contributed by atoms with Gasteiger partial charge in [0.25, 0.3) is 5.91 Å². The number of aromatic amines is 1. The molecule has 0 spiro atoms. The molecule has 6 heteroatoms. The van der Waals surface area contributed by atoms with E-state index in [1.165, 1.54) is 27.9 Å². The van der Waals surface area contributed by atoms with Crippen LogP contribution in [-0.4, -0.2) is 21.1 Å². The minimum Gasteiger partial charge on any atom is -0.344 e. The largest absolute Gasteiger partial charge is 0.344 e. The van der Waals surface area contributed by atoms with Gasteiger partial charge in [-0.2, -0.15) is 5.10 Å². The first-order valence-electron chi connectivity index (χ1n) is 9.69. The zero-order valence-electron chi connectivity index (χ0n) is 15.8. The molecule has 144 valence electrons. The molecule has 2 N–H and O–H groups in total. The van der Waals surface area contributed by atoms with E-state index in [9.17, 15) is 4.79 Å². The summed E-state index contributed by atoms with van der Waals surface area (Å²) < 4.78 is 0. The molecular weight excluding hydrogens is 380 g/mol. The van der Waals surface area contributed by atoms with Crippen LogP contribution in [0.25, 0.3) is 10.4 Å². The predicted octanol–water partition coefficient (Wildman–Crippen LogP) is 4.35. The third kappa shape index (κ3) is 3.59. The zero-order chi connectivity index (χ0) is 19.6. The summed E-state index contributed by atoms with van der Waals surface area (Å²) in [5, 5.41) is 10.0. The zero-order valence-corrected chi connectivity index (χ0v) is 16.6. The number of aromatic nitrogens is 3. The predicted molar refractivity (Wildman–Crippen MR) is 114 cm³/mol. The first-order chi connectivity index (χ1) is 14.3. The molecule has 1 aliphatic rings. The van der Waals surface area contributed by atoms with Crippen molar-refractivity contribution in [3.63, 3.8) is 0 Å². The van der Waals surface area contributed by atoms with E-state index >= 15 is 0 Å². The lowest BCUT2D eigenvalue weighted by Crippen LogP contribution is -2.29. The van der Waals surface area contributed by atoms with Crippen LogP contribution in [0.3, 0.4) is 0 Å². The van der Waals surface area contributed by atoms with E-state index in [0.29, 0.717) is 6.42 Å². The molecule has 0 radical (unpaired) electrons. The SMILES string of the molecule is O=C(NC(Cc1ncn[nH]1)c1ccccc1)c1cc2c(s1)-c1ccccc1CC2. The van der Waals surface area contributed by atoms with Crippen LogP contribution in [0, 0.1) is 0 Å². The van der Waals surface area contributed by atoms with Crippen molar-refractivity contribution in [2.24, 2.45) is 0 Å². The Hall–Kier alpha value is -3.25. The van der Waals surface area contributed by atoms with Crippen LogP contribution in [0.1, 0.15) is 38.2 Å². The Morgan fingerprint density at radius 1 is 1.07 bits per heavy atom. The van der Waals surface area contributed by atoms with Gasteiger partial charge < -0.3 is 5.32 Å². The number of aryl methyl sites for hydroxylation is 2. The first kappa shape index (κ1) is 17.8. The Balaban J connectivity index is 1.42. The first-order valence-corrected chi connectivity index (χ1v) is 10.5. The highest BCUT2D eigenvalue weighted by Gasteiger charge is 2.23. The van der Waals surface area contributed by atoms with Crippen LogP contribution in [-0.2, 0) is 19.3 Å². The third-order valence-electron chi connectivity index (χ3n) is 5.33. The summed E-state index contributed by atoms with van der Waals surface area (Å²) in [4.78, 5) is 19.3. The van der Waals surface area contributed by atoms with E-state index in [-0.39, 0.29) is 11.9 Å². The fraction of sp³-hybridized carbons (Fsp3) is 0.174. The van der Waals surface area contributed by atoms with Crippen molar-refractivity contribution in [2.75, 3.05) is 0 Å². The maximum atomic E-state index is 13.1.